The maximum absolute atomic E-state index is 2.67. The Bertz CT molecular complexity index is 2230. The van der Waals surface area contributed by atoms with Crippen LogP contribution in [0.5, 0.6) is 0 Å². The summed E-state index contributed by atoms with van der Waals surface area (Å²) in [5, 5.41) is 0. The molecule has 6 unspecified atom stereocenters. The summed E-state index contributed by atoms with van der Waals surface area (Å²) in [6.45, 7) is 0. The van der Waals surface area contributed by atoms with Gasteiger partial charge in [-0.25, -0.2) is 0 Å². The molecule has 0 N–H and O–H groups in total. The molecular weight excluding hydrogens is 749 g/mol. The fourth-order valence-corrected chi connectivity index (χ4v) is 11.1. The molecule has 2 nitrogen and oxygen atoms in total. The molecule has 0 spiro atoms. The Hall–Kier alpha value is -5.60. The Morgan fingerprint density at radius 3 is 1.15 bits per heavy atom. The van der Waals surface area contributed by atoms with Crippen LogP contribution in [0.25, 0.3) is 0 Å². The summed E-state index contributed by atoms with van der Waals surface area (Å²) in [5.41, 5.74) is 14.5. The van der Waals surface area contributed by atoms with Crippen molar-refractivity contribution >= 4 is 0 Å². The highest BCUT2D eigenvalue weighted by atomic mass is 15.2. The lowest BCUT2D eigenvalue weighted by molar-refractivity contribution is 0.350. The van der Waals surface area contributed by atoms with Crippen molar-refractivity contribution in [3.63, 3.8) is 0 Å². The molecule has 2 heteroatoms. The van der Waals surface area contributed by atoms with Gasteiger partial charge in [-0.05, 0) is 148 Å². The van der Waals surface area contributed by atoms with Crippen LogP contribution in [0, 0.1) is 23.7 Å². The topological polar surface area (TPSA) is 6.48 Å². The highest BCUT2D eigenvalue weighted by molar-refractivity contribution is 5.47. The Morgan fingerprint density at radius 2 is 0.806 bits per heavy atom. The minimum absolute atomic E-state index is 0.319. The molecule has 0 aromatic carbocycles. The molecule has 0 radical (unpaired) electrons. The fraction of sp³-hybridized carbons (Fsp3) is 0.333. The number of nitrogens with zero attached hydrogens (tertiary/aromatic N) is 2. The maximum atomic E-state index is 2.67. The average molecular weight is 813 g/mol. The predicted octanol–water partition coefficient (Wildman–Crippen LogP) is 15.0. The third-order valence-electron chi connectivity index (χ3n) is 14.6. The molecule has 0 aromatic rings. The molecule has 0 amide bonds. The average Bonchev–Trinajstić information content (AvgIpc) is 3.36. The predicted molar refractivity (Wildman–Crippen MR) is 262 cm³/mol. The zero-order valence-corrected chi connectivity index (χ0v) is 36.6. The molecule has 6 atom stereocenters. The summed E-state index contributed by atoms with van der Waals surface area (Å²) < 4.78 is 0. The first-order valence-electron chi connectivity index (χ1n) is 24.0. The molecule has 0 aliphatic heterocycles. The van der Waals surface area contributed by atoms with E-state index in [0.29, 0.717) is 35.8 Å². The van der Waals surface area contributed by atoms with Gasteiger partial charge in [-0.15, -0.1) is 0 Å². The summed E-state index contributed by atoms with van der Waals surface area (Å²) in [7, 11) is 0. The van der Waals surface area contributed by atoms with Crippen molar-refractivity contribution in [3.8, 4) is 0 Å². The van der Waals surface area contributed by atoms with Crippen LogP contribution in [0.1, 0.15) is 89.9 Å². The van der Waals surface area contributed by atoms with E-state index in [1.54, 1.807) is 0 Å². The van der Waals surface area contributed by atoms with Crippen molar-refractivity contribution in [2.75, 3.05) is 0 Å². The van der Waals surface area contributed by atoms with E-state index in [4.69, 9.17) is 0 Å². The molecule has 314 valence electrons. The number of hydrogen-bond acceptors (Lipinski definition) is 2. The van der Waals surface area contributed by atoms with Crippen LogP contribution in [0.2, 0.25) is 0 Å². The molecule has 0 saturated heterocycles. The van der Waals surface area contributed by atoms with Crippen LogP contribution in [-0.2, 0) is 0 Å². The number of hydrogen-bond donors (Lipinski definition) is 0. The summed E-state index contributed by atoms with van der Waals surface area (Å²) in [6, 6.07) is 0.638. The Morgan fingerprint density at radius 1 is 0.339 bits per heavy atom. The van der Waals surface area contributed by atoms with Crippen molar-refractivity contribution < 1.29 is 0 Å². The SMILES string of the molecule is C1=CCC(C2=CCC(N(C3=CCC(C4=CCCC=C4)C=C3)C3=CC=C(C4=CC=C(N(C5=CCC(C6=CCCC=C6)C=C5)C5C=CC(C6C=CC=CC6)=CC5)CC4)CC3)C=C2)C=C1. The molecule has 62 heavy (non-hydrogen) atoms. The monoisotopic (exact) mass is 813 g/mol. The number of rotatable bonds is 11. The van der Waals surface area contributed by atoms with Gasteiger partial charge in [-0.1, -0.05) is 158 Å². The van der Waals surface area contributed by atoms with Gasteiger partial charge >= 0.3 is 0 Å². The molecule has 0 heterocycles. The zero-order valence-electron chi connectivity index (χ0n) is 36.6. The molecule has 10 rings (SSSR count). The van der Waals surface area contributed by atoms with Crippen molar-refractivity contribution in [2.24, 2.45) is 23.7 Å². The smallest absolute Gasteiger partial charge is 0.0556 e. The molecule has 0 aromatic heterocycles. The minimum atomic E-state index is 0.319. The van der Waals surface area contributed by atoms with Gasteiger partial charge in [0.1, 0.15) is 0 Å². The fourth-order valence-electron chi connectivity index (χ4n) is 11.1. The molecule has 10 aliphatic rings. The van der Waals surface area contributed by atoms with E-state index in [-0.39, 0.29) is 0 Å². The van der Waals surface area contributed by atoms with Gasteiger partial charge in [0.15, 0.2) is 0 Å². The normalized spacial score (nSPS) is 30.0. The lowest BCUT2D eigenvalue weighted by atomic mass is 9.85. The van der Waals surface area contributed by atoms with Crippen LogP contribution < -0.4 is 0 Å². The Kier molecular flexibility index (Phi) is 12.5. The van der Waals surface area contributed by atoms with E-state index in [9.17, 15) is 0 Å². The van der Waals surface area contributed by atoms with Crippen LogP contribution >= 0.6 is 0 Å². The van der Waals surface area contributed by atoms with Gasteiger partial charge in [0.05, 0.1) is 12.1 Å². The summed E-state index contributed by atoms with van der Waals surface area (Å²) in [6.07, 6.45) is 87.2. The van der Waals surface area contributed by atoms with Gasteiger partial charge < -0.3 is 9.80 Å². The second-order valence-electron chi connectivity index (χ2n) is 18.5. The Balaban J connectivity index is 0.883. The van der Waals surface area contributed by atoms with Crippen molar-refractivity contribution in [1.82, 2.24) is 9.80 Å². The summed E-state index contributed by atoms with van der Waals surface area (Å²) in [4.78, 5) is 5.35. The summed E-state index contributed by atoms with van der Waals surface area (Å²) >= 11 is 0. The standard InChI is InChI=1S/C60H64N2/c1-5-13-45(14-6-1)49-21-33-55(34-22-49)61(56-35-23-50(24-36-56)46-15-7-2-8-16-46)59-41-29-53(30-42-59)54-31-43-60(44-32-54)62(57-37-25-51(26-38-57)47-17-9-3-10-18-47)58-39-27-52(28-40-58)48-19-11-4-12-20-48/h1,3,5-7,9-11,13,15-17,19-23,25-27,29,31,33,35-37,39-41,43,45,47,50,52,55,57H,2,4,8,12,14,18,24,28,30,32,34,38,42,44H2. The van der Waals surface area contributed by atoms with E-state index in [1.165, 1.54) is 81.9 Å². The van der Waals surface area contributed by atoms with E-state index >= 15 is 0 Å². The zero-order chi connectivity index (χ0) is 41.5. The largest absolute Gasteiger partial charge is 0.338 e. The second kappa shape index (κ2) is 19.2. The third kappa shape index (κ3) is 9.12. The highest BCUT2D eigenvalue weighted by Gasteiger charge is 2.30. The van der Waals surface area contributed by atoms with Gasteiger partial charge in [-0.2, -0.15) is 0 Å². The van der Waals surface area contributed by atoms with E-state index in [2.05, 4.69) is 192 Å². The van der Waals surface area contributed by atoms with Crippen LogP contribution in [0.3, 0.4) is 0 Å². The molecular formula is C60H64N2. The first-order chi connectivity index (χ1) is 30.7. The maximum Gasteiger partial charge on any atom is 0.0556 e. The van der Waals surface area contributed by atoms with Crippen LogP contribution in [0.15, 0.2) is 239 Å². The second-order valence-corrected chi connectivity index (χ2v) is 18.5. The van der Waals surface area contributed by atoms with Crippen LogP contribution in [0.4, 0.5) is 0 Å². The van der Waals surface area contributed by atoms with Gasteiger partial charge in [0.2, 0.25) is 0 Å². The van der Waals surface area contributed by atoms with E-state index in [1.807, 2.05) is 0 Å². The molecule has 0 bridgehead atoms. The van der Waals surface area contributed by atoms with Gasteiger partial charge in [0.25, 0.3) is 0 Å². The van der Waals surface area contributed by atoms with E-state index < -0.39 is 0 Å². The first-order valence-corrected chi connectivity index (χ1v) is 24.0. The van der Waals surface area contributed by atoms with Crippen molar-refractivity contribution in [3.05, 3.63) is 239 Å². The lowest BCUT2D eigenvalue weighted by Crippen LogP contribution is -2.34. The first kappa shape index (κ1) is 40.5. The minimum Gasteiger partial charge on any atom is -0.338 e. The van der Waals surface area contributed by atoms with Crippen molar-refractivity contribution in [2.45, 2.75) is 102 Å². The third-order valence-corrected chi connectivity index (χ3v) is 14.6. The van der Waals surface area contributed by atoms with Gasteiger partial charge in [0, 0.05) is 46.5 Å². The molecule has 0 saturated carbocycles. The Labute approximate surface area is 372 Å². The van der Waals surface area contributed by atoms with Gasteiger partial charge in [-0.3, -0.25) is 0 Å². The molecule has 10 aliphatic carbocycles. The molecule has 0 fully saturated rings. The van der Waals surface area contributed by atoms with E-state index in [0.717, 1.165) is 64.2 Å². The summed E-state index contributed by atoms with van der Waals surface area (Å²) in [5.74, 6) is 1.96. The van der Waals surface area contributed by atoms with Crippen molar-refractivity contribution in [1.29, 1.82) is 0 Å². The quantitative estimate of drug-likeness (QED) is 0.205. The van der Waals surface area contributed by atoms with Crippen LogP contribution in [-0.4, -0.2) is 21.9 Å². The number of allylic oxidation sites excluding steroid dienone is 34. The lowest BCUT2D eigenvalue weighted by Gasteiger charge is -2.39. The highest BCUT2D eigenvalue weighted by Crippen LogP contribution is 2.41.